The van der Waals surface area contributed by atoms with E-state index in [0.29, 0.717) is 6.61 Å². The van der Waals surface area contributed by atoms with Crippen LogP contribution < -0.4 is 5.32 Å². The van der Waals surface area contributed by atoms with Gasteiger partial charge in [0.25, 0.3) is 0 Å². The monoisotopic (exact) mass is 211 g/mol. The Bertz CT molecular complexity index is 191. The minimum absolute atomic E-state index is 0.145. The van der Waals surface area contributed by atoms with E-state index in [4.69, 9.17) is 4.74 Å². The average Bonchev–Trinajstić information content (AvgIpc) is 2.13. The molecular weight excluding hydrogens is 186 g/mol. The van der Waals surface area contributed by atoms with Gasteiger partial charge in [-0.3, -0.25) is 0 Å². The van der Waals surface area contributed by atoms with Crippen molar-refractivity contribution in [1.29, 1.82) is 0 Å². The van der Waals surface area contributed by atoms with Crippen LogP contribution in [0.5, 0.6) is 0 Å². The summed E-state index contributed by atoms with van der Waals surface area (Å²) in [6.45, 7) is 16.3. The molecule has 0 spiro atoms. The van der Waals surface area contributed by atoms with Gasteiger partial charge >= 0.3 is 0 Å². The number of rotatable bonds is 8. The first kappa shape index (κ1) is 14.4. The lowest BCUT2D eigenvalue weighted by atomic mass is 10.1. The molecule has 0 aliphatic carbocycles. The highest BCUT2D eigenvalue weighted by Gasteiger charge is 2.08. The van der Waals surface area contributed by atoms with Crippen molar-refractivity contribution in [2.45, 2.75) is 39.2 Å². The Labute approximate surface area is 94.4 Å². The smallest absolute Gasteiger partial charge is 0.0686 e. The van der Waals surface area contributed by atoms with Crippen LogP contribution in [-0.4, -0.2) is 25.3 Å². The molecule has 0 aliphatic heterocycles. The van der Waals surface area contributed by atoms with E-state index in [2.05, 4.69) is 39.2 Å². The number of allylic oxidation sites excluding steroid dienone is 1. The zero-order chi connectivity index (χ0) is 11.7. The maximum Gasteiger partial charge on any atom is 0.0686 e. The van der Waals surface area contributed by atoms with Crippen molar-refractivity contribution in [3.8, 4) is 0 Å². The predicted octanol–water partition coefficient (Wildman–Crippen LogP) is 2.91. The lowest BCUT2D eigenvalue weighted by Gasteiger charge is -2.21. The van der Waals surface area contributed by atoms with Crippen molar-refractivity contribution >= 4 is 0 Å². The molecule has 0 rings (SSSR count). The van der Waals surface area contributed by atoms with E-state index >= 15 is 0 Å². The standard InChI is InChI=1S/C13H25NO/c1-6-7-8-9-15-11-12(2)10-14-13(3,4)5/h6,14H,1-2,7-11H2,3-5H3. The Balaban J connectivity index is 3.38. The Morgan fingerprint density at radius 3 is 2.60 bits per heavy atom. The van der Waals surface area contributed by atoms with Gasteiger partial charge in [-0.2, -0.15) is 0 Å². The summed E-state index contributed by atoms with van der Waals surface area (Å²) < 4.78 is 5.48. The summed E-state index contributed by atoms with van der Waals surface area (Å²) in [6, 6.07) is 0. The summed E-state index contributed by atoms with van der Waals surface area (Å²) in [6.07, 6.45) is 3.98. The fraction of sp³-hybridized carbons (Fsp3) is 0.692. The molecule has 0 saturated carbocycles. The van der Waals surface area contributed by atoms with Gasteiger partial charge in [-0.25, -0.2) is 0 Å². The molecule has 2 nitrogen and oxygen atoms in total. The van der Waals surface area contributed by atoms with Gasteiger partial charge in [0.1, 0.15) is 0 Å². The van der Waals surface area contributed by atoms with Gasteiger partial charge in [0.05, 0.1) is 6.61 Å². The summed E-state index contributed by atoms with van der Waals surface area (Å²) in [5.74, 6) is 0. The molecule has 0 aliphatic rings. The third-order valence-corrected chi connectivity index (χ3v) is 1.87. The van der Waals surface area contributed by atoms with Crippen LogP contribution in [0.25, 0.3) is 0 Å². The maximum absolute atomic E-state index is 5.48. The molecule has 15 heavy (non-hydrogen) atoms. The van der Waals surface area contributed by atoms with Crippen LogP contribution >= 0.6 is 0 Å². The summed E-state index contributed by atoms with van der Waals surface area (Å²) in [4.78, 5) is 0. The van der Waals surface area contributed by atoms with Crippen LogP contribution in [0.1, 0.15) is 33.6 Å². The molecule has 88 valence electrons. The fourth-order valence-corrected chi connectivity index (χ4v) is 0.987. The second-order valence-electron chi connectivity index (χ2n) is 4.84. The van der Waals surface area contributed by atoms with Gasteiger partial charge in [0, 0.05) is 18.7 Å². The van der Waals surface area contributed by atoms with E-state index in [9.17, 15) is 0 Å². The highest BCUT2D eigenvalue weighted by atomic mass is 16.5. The topological polar surface area (TPSA) is 21.3 Å². The Morgan fingerprint density at radius 1 is 1.40 bits per heavy atom. The molecule has 0 aromatic carbocycles. The van der Waals surface area contributed by atoms with Gasteiger partial charge in [-0.15, -0.1) is 6.58 Å². The summed E-state index contributed by atoms with van der Waals surface area (Å²) in [5, 5.41) is 3.38. The van der Waals surface area contributed by atoms with E-state index in [0.717, 1.165) is 31.6 Å². The normalized spacial score (nSPS) is 11.4. The van der Waals surface area contributed by atoms with Crippen molar-refractivity contribution in [3.05, 3.63) is 24.8 Å². The number of nitrogens with one attached hydrogen (secondary N) is 1. The van der Waals surface area contributed by atoms with Crippen molar-refractivity contribution in [3.63, 3.8) is 0 Å². The van der Waals surface area contributed by atoms with Gasteiger partial charge in [0.15, 0.2) is 0 Å². The third-order valence-electron chi connectivity index (χ3n) is 1.87. The average molecular weight is 211 g/mol. The van der Waals surface area contributed by atoms with Gasteiger partial charge in [-0.05, 0) is 39.2 Å². The molecule has 0 atom stereocenters. The van der Waals surface area contributed by atoms with E-state index in [1.54, 1.807) is 0 Å². The molecule has 0 fully saturated rings. The van der Waals surface area contributed by atoms with Crippen LogP contribution in [-0.2, 0) is 4.74 Å². The van der Waals surface area contributed by atoms with Gasteiger partial charge in [0.2, 0.25) is 0 Å². The van der Waals surface area contributed by atoms with Crippen LogP contribution in [0.15, 0.2) is 24.8 Å². The minimum atomic E-state index is 0.145. The van der Waals surface area contributed by atoms with Crippen LogP contribution in [0.4, 0.5) is 0 Å². The Kier molecular flexibility index (Phi) is 7.35. The Morgan fingerprint density at radius 2 is 2.07 bits per heavy atom. The molecule has 0 unspecified atom stereocenters. The molecule has 0 bridgehead atoms. The first-order valence-electron chi connectivity index (χ1n) is 5.56. The van der Waals surface area contributed by atoms with Crippen molar-refractivity contribution < 1.29 is 4.74 Å². The molecule has 0 heterocycles. The first-order chi connectivity index (χ1) is 6.95. The predicted molar refractivity (Wildman–Crippen MR) is 67.1 cm³/mol. The molecule has 0 radical (unpaired) electrons. The molecule has 2 heteroatoms. The number of ether oxygens (including phenoxy) is 1. The second kappa shape index (κ2) is 7.66. The third kappa shape index (κ3) is 11.3. The minimum Gasteiger partial charge on any atom is -0.377 e. The number of hydrogen-bond acceptors (Lipinski definition) is 2. The van der Waals surface area contributed by atoms with E-state index in [-0.39, 0.29) is 5.54 Å². The zero-order valence-corrected chi connectivity index (χ0v) is 10.4. The molecule has 1 N–H and O–H groups in total. The van der Waals surface area contributed by atoms with Crippen molar-refractivity contribution in [2.75, 3.05) is 19.8 Å². The lowest BCUT2D eigenvalue weighted by Crippen LogP contribution is -2.37. The largest absolute Gasteiger partial charge is 0.377 e. The van der Waals surface area contributed by atoms with Crippen LogP contribution in [0.3, 0.4) is 0 Å². The Hall–Kier alpha value is -0.600. The SMILES string of the molecule is C=CCCCOCC(=C)CNC(C)(C)C. The van der Waals surface area contributed by atoms with E-state index < -0.39 is 0 Å². The quantitative estimate of drug-likeness (QED) is 0.492. The fourth-order valence-electron chi connectivity index (χ4n) is 0.987. The molecular formula is C13H25NO. The summed E-state index contributed by atoms with van der Waals surface area (Å²) in [7, 11) is 0. The number of unbranched alkanes of at least 4 members (excludes halogenated alkanes) is 1. The van der Waals surface area contributed by atoms with Crippen molar-refractivity contribution in [2.24, 2.45) is 0 Å². The zero-order valence-electron chi connectivity index (χ0n) is 10.4. The van der Waals surface area contributed by atoms with Crippen molar-refractivity contribution in [1.82, 2.24) is 5.32 Å². The number of hydrogen-bond donors (Lipinski definition) is 1. The van der Waals surface area contributed by atoms with E-state index in [1.165, 1.54) is 0 Å². The summed E-state index contributed by atoms with van der Waals surface area (Å²) >= 11 is 0. The molecule has 0 saturated heterocycles. The lowest BCUT2D eigenvalue weighted by molar-refractivity contribution is 0.152. The van der Waals surface area contributed by atoms with Crippen LogP contribution in [0, 0.1) is 0 Å². The maximum atomic E-state index is 5.48. The first-order valence-corrected chi connectivity index (χ1v) is 5.56. The molecule has 0 aromatic rings. The molecule has 0 aromatic heterocycles. The van der Waals surface area contributed by atoms with E-state index in [1.807, 2.05) is 6.08 Å². The highest BCUT2D eigenvalue weighted by molar-refractivity contribution is 4.98. The summed E-state index contributed by atoms with van der Waals surface area (Å²) in [5.41, 5.74) is 1.25. The second-order valence-corrected chi connectivity index (χ2v) is 4.84. The van der Waals surface area contributed by atoms with Crippen LogP contribution in [0.2, 0.25) is 0 Å². The molecule has 0 amide bonds. The van der Waals surface area contributed by atoms with Gasteiger partial charge < -0.3 is 10.1 Å². The highest BCUT2D eigenvalue weighted by Crippen LogP contribution is 2.00. The van der Waals surface area contributed by atoms with Gasteiger partial charge in [-0.1, -0.05) is 12.7 Å².